The van der Waals surface area contributed by atoms with Crippen LogP contribution in [0.5, 0.6) is 0 Å². The molecule has 28 heavy (non-hydrogen) atoms. The van der Waals surface area contributed by atoms with Crippen LogP contribution in [0.4, 0.5) is 0 Å². The molecule has 150 valence electrons. The van der Waals surface area contributed by atoms with Gasteiger partial charge >= 0.3 is 5.97 Å². The summed E-state index contributed by atoms with van der Waals surface area (Å²) in [6.07, 6.45) is 3.03. The van der Waals surface area contributed by atoms with Crippen LogP contribution in [0.2, 0.25) is 0 Å². The molecule has 0 aliphatic heterocycles. The number of carbonyl (C=O) groups excluding carboxylic acids is 2. The summed E-state index contributed by atoms with van der Waals surface area (Å²) in [6, 6.07) is 8.59. The molecule has 1 N–H and O–H groups in total. The largest absolute Gasteiger partial charge is 0.461 e. The number of aromatic amines is 1. The summed E-state index contributed by atoms with van der Waals surface area (Å²) in [5.74, 6) is -0.122. The first kappa shape index (κ1) is 20.4. The summed E-state index contributed by atoms with van der Waals surface area (Å²) in [6.45, 7) is 10.9. The van der Waals surface area contributed by atoms with Gasteiger partial charge in [0.15, 0.2) is 5.78 Å². The van der Waals surface area contributed by atoms with E-state index in [2.05, 4.69) is 56.9 Å². The van der Waals surface area contributed by atoms with Crippen LogP contribution >= 0.6 is 0 Å². The molecule has 0 radical (unpaired) electrons. The summed E-state index contributed by atoms with van der Waals surface area (Å²) < 4.78 is 5.34. The number of Topliss-reactive ketones (excluding diaryl/α,β-unsaturated/α-hetero) is 1. The predicted octanol–water partition coefficient (Wildman–Crippen LogP) is 5.49. The second kappa shape index (κ2) is 7.94. The lowest BCUT2D eigenvalue weighted by Gasteiger charge is -2.24. The third-order valence-corrected chi connectivity index (χ3v) is 5.67. The van der Waals surface area contributed by atoms with E-state index in [1.54, 1.807) is 0 Å². The molecule has 1 aromatic carbocycles. The van der Waals surface area contributed by atoms with Crippen molar-refractivity contribution in [1.82, 2.24) is 4.98 Å². The third kappa shape index (κ3) is 4.06. The van der Waals surface area contributed by atoms with Gasteiger partial charge in [-0.15, -0.1) is 0 Å². The average Bonchev–Trinajstić information content (AvgIpc) is 2.98. The summed E-state index contributed by atoms with van der Waals surface area (Å²) in [4.78, 5) is 28.4. The van der Waals surface area contributed by atoms with Crippen molar-refractivity contribution in [3.05, 3.63) is 57.9 Å². The van der Waals surface area contributed by atoms with E-state index < -0.39 is 0 Å². The molecule has 1 atom stereocenters. The molecule has 0 unspecified atom stereocenters. The van der Waals surface area contributed by atoms with E-state index >= 15 is 0 Å². The van der Waals surface area contributed by atoms with Gasteiger partial charge in [-0.3, -0.25) is 4.79 Å². The van der Waals surface area contributed by atoms with Crippen LogP contribution in [-0.4, -0.2) is 23.3 Å². The maximum Gasteiger partial charge on any atom is 0.355 e. The summed E-state index contributed by atoms with van der Waals surface area (Å²) in [5.41, 5.74) is 5.27. The standard InChI is InChI=1S/C24H31NO3/c1-6-7-12-28-23(27)22-15(2)21-19(25-22)13-17(14-20(21)26)16-8-10-18(11-9-16)24(3,4)5/h8-11,17,25H,6-7,12-14H2,1-5H3/t17-/m1/s1. The zero-order chi connectivity index (χ0) is 20.5. The number of esters is 1. The van der Waals surface area contributed by atoms with Crippen LogP contribution in [0.15, 0.2) is 24.3 Å². The van der Waals surface area contributed by atoms with Gasteiger partial charge in [0.25, 0.3) is 0 Å². The lowest BCUT2D eigenvalue weighted by Crippen LogP contribution is -2.19. The first-order valence-electron chi connectivity index (χ1n) is 10.2. The van der Waals surface area contributed by atoms with Crippen molar-refractivity contribution in [1.29, 1.82) is 0 Å². The zero-order valence-corrected chi connectivity index (χ0v) is 17.6. The normalized spacial score (nSPS) is 16.8. The summed E-state index contributed by atoms with van der Waals surface area (Å²) in [7, 11) is 0. The number of benzene rings is 1. The van der Waals surface area contributed by atoms with E-state index in [-0.39, 0.29) is 23.1 Å². The first-order valence-corrected chi connectivity index (χ1v) is 10.2. The number of hydrogen-bond acceptors (Lipinski definition) is 3. The highest BCUT2D eigenvalue weighted by molar-refractivity contribution is 6.03. The highest BCUT2D eigenvalue weighted by Gasteiger charge is 2.32. The highest BCUT2D eigenvalue weighted by Crippen LogP contribution is 2.36. The van der Waals surface area contributed by atoms with Gasteiger partial charge in [-0.05, 0) is 47.8 Å². The Hall–Kier alpha value is -2.36. The zero-order valence-electron chi connectivity index (χ0n) is 17.6. The molecule has 1 aromatic heterocycles. The number of rotatable bonds is 5. The number of ether oxygens (including phenoxy) is 1. The molecule has 4 nitrogen and oxygen atoms in total. The number of nitrogens with one attached hydrogen (secondary N) is 1. The van der Waals surface area contributed by atoms with Gasteiger partial charge in [0.2, 0.25) is 0 Å². The van der Waals surface area contributed by atoms with Crippen molar-refractivity contribution in [2.75, 3.05) is 6.61 Å². The monoisotopic (exact) mass is 381 g/mol. The van der Waals surface area contributed by atoms with Gasteiger partial charge in [-0.1, -0.05) is 58.4 Å². The Morgan fingerprint density at radius 2 is 1.86 bits per heavy atom. The molecular formula is C24H31NO3. The Kier molecular flexibility index (Phi) is 5.78. The highest BCUT2D eigenvalue weighted by atomic mass is 16.5. The fraction of sp³-hybridized carbons (Fsp3) is 0.500. The van der Waals surface area contributed by atoms with Crippen LogP contribution in [0.25, 0.3) is 0 Å². The van der Waals surface area contributed by atoms with E-state index in [0.717, 1.165) is 30.5 Å². The van der Waals surface area contributed by atoms with Crippen molar-refractivity contribution >= 4 is 11.8 Å². The lowest BCUT2D eigenvalue weighted by atomic mass is 9.80. The molecule has 0 spiro atoms. The van der Waals surface area contributed by atoms with E-state index in [1.807, 2.05) is 6.92 Å². The van der Waals surface area contributed by atoms with Crippen LogP contribution in [-0.2, 0) is 16.6 Å². The van der Waals surface area contributed by atoms with E-state index in [1.165, 1.54) is 11.1 Å². The van der Waals surface area contributed by atoms with E-state index in [0.29, 0.717) is 24.3 Å². The van der Waals surface area contributed by atoms with Crippen LogP contribution in [0, 0.1) is 6.92 Å². The molecule has 0 saturated heterocycles. The molecule has 1 aliphatic rings. The van der Waals surface area contributed by atoms with Gasteiger partial charge < -0.3 is 9.72 Å². The molecule has 0 bridgehead atoms. The maximum absolute atomic E-state index is 12.8. The molecule has 3 rings (SSSR count). The van der Waals surface area contributed by atoms with Crippen LogP contribution in [0.3, 0.4) is 0 Å². The second-order valence-electron chi connectivity index (χ2n) is 8.87. The molecule has 4 heteroatoms. The maximum atomic E-state index is 12.8. The topological polar surface area (TPSA) is 59.2 Å². The second-order valence-corrected chi connectivity index (χ2v) is 8.87. The van der Waals surface area contributed by atoms with Crippen molar-refractivity contribution in [3.8, 4) is 0 Å². The Labute approximate surface area is 167 Å². The minimum Gasteiger partial charge on any atom is -0.461 e. The molecule has 2 aromatic rings. The molecule has 0 fully saturated rings. The molecule has 1 heterocycles. The quantitative estimate of drug-likeness (QED) is 0.550. The van der Waals surface area contributed by atoms with E-state index in [9.17, 15) is 9.59 Å². The Morgan fingerprint density at radius 1 is 1.18 bits per heavy atom. The summed E-state index contributed by atoms with van der Waals surface area (Å²) in [5, 5.41) is 0. The lowest BCUT2D eigenvalue weighted by molar-refractivity contribution is 0.0492. The van der Waals surface area contributed by atoms with E-state index in [4.69, 9.17) is 4.74 Å². The first-order chi connectivity index (χ1) is 13.2. The van der Waals surface area contributed by atoms with Crippen molar-refractivity contribution < 1.29 is 14.3 Å². The number of aromatic nitrogens is 1. The predicted molar refractivity (Wildman–Crippen MR) is 111 cm³/mol. The van der Waals surface area contributed by atoms with Crippen LogP contribution < -0.4 is 0 Å². The fourth-order valence-corrected chi connectivity index (χ4v) is 3.91. The van der Waals surface area contributed by atoms with Gasteiger partial charge in [-0.2, -0.15) is 0 Å². The molecule has 0 saturated carbocycles. The SMILES string of the molecule is CCCCOC(=O)c1[nH]c2c(c1C)C(=O)C[C@H](c1ccc(C(C)(C)C)cc1)C2. The van der Waals surface area contributed by atoms with Gasteiger partial charge in [-0.25, -0.2) is 4.79 Å². The van der Waals surface area contributed by atoms with Gasteiger partial charge in [0.05, 0.1) is 6.61 Å². The Bertz CT molecular complexity index is 868. The number of ketones is 1. The number of hydrogen-bond donors (Lipinski definition) is 1. The van der Waals surface area contributed by atoms with Gasteiger partial charge in [0.1, 0.15) is 5.69 Å². The third-order valence-electron chi connectivity index (χ3n) is 5.67. The smallest absolute Gasteiger partial charge is 0.355 e. The van der Waals surface area contributed by atoms with Gasteiger partial charge in [0, 0.05) is 17.7 Å². The number of H-pyrrole nitrogens is 1. The van der Waals surface area contributed by atoms with Crippen molar-refractivity contribution in [2.24, 2.45) is 0 Å². The number of fused-ring (bicyclic) bond motifs is 1. The molecular weight excluding hydrogens is 350 g/mol. The van der Waals surface area contributed by atoms with Crippen molar-refractivity contribution in [3.63, 3.8) is 0 Å². The Morgan fingerprint density at radius 3 is 2.46 bits per heavy atom. The number of unbranched alkanes of at least 4 members (excludes halogenated alkanes) is 1. The van der Waals surface area contributed by atoms with Crippen LogP contribution in [0.1, 0.15) is 96.1 Å². The Balaban J connectivity index is 1.82. The average molecular weight is 382 g/mol. The minimum absolute atomic E-state index is 0.104. The fourth-order valence-electron chi connectivity index (χ4n) is 3.91. The molecule has 0 amide bonds. The molecule has 1 aliphatic carbocycles. The number of carbonyl (C=O) groups is 2. The summed E-state index contributed by atoms with van der Waals surface area (Å²) >= 11 is 0. The minimum atomic E-state index is -0.362. The van der Waals surface area contributed by atoms with Crippen molar-refractivity contribution in [2.45, 2.75) is 71.6 Å².